The minimum Gasteiger partial charge on any atom is -0.479 e. The van der Waals surface area contributed by atoms with Crippen LogP contribution >= 0.6 is 0 Å². The molecular formula is C28H32N2O5. The van der Waals surface area contributed by atoms with Gasteiger partial charge in [-0.05, 0) is 53.9 Å². The number of hydrogen-bond donors (Lipinski definition) is 2. The average Bonchev–Trinajstić information content (AvgIpc) is 3.48. The second-order valence-corrected chi connectivity index (χ2v) is 9.99. The molecule has 0 spiro atoms. The molecule has 1 unspecified atom stereocenters. The first-order valence-corrected chi connectivity index (χ1v) is 12.6. The molecule has 2 fully saturated rings. The number of aliphatic carboxylic acids is 1. The highest BCUT2D eigenvalue weighted by molar-refractivity contribution is 5.92. The minimum atomic E-state index is -1.19. The summed E-state index contributed by atoms with van der Waals surface area (Å²) in [5, 5.41) is 12.7. The summed E-state index contributed by atoms with van der Waals surface area (Å²) < 4.78 is 5.67. The van der Waals surface area contributed by atoms with E-state index in [1.807, 2.05) is 24.3 Å². The summed E-state index contributed by atoms with van der Waals surface area (Å²) in [6, 6.07) is 15.5. The van der Waals surface area contributed by atoms with Gasteiger partial charge < -0.3 is 20.1 Å². The van der Waals surface area contributed by atoms with Crippen LogP contribution < -0.4 is 5.32 Å². The number of hydrogen-bond acceptors (Lipinski definition) is 4. The third-order valence-electron chi connectivity index (χ3n) is 7.94. The van der Waals surface area contributed by atoms with Crippen LogP contribution in [0.5, 0.6) is 0 Å². The molecule has 2 atom stereocenters. The van der Waals surface area contributed by atoms with Crippen LogP contribution in [-0.2, 0) is 14.3 Å². The zero-order valence-corrected chi connectivity index (χ0v) is 20.0. The standard InChI is InChI=1S/C28H32N2O5/c1-2-28(26(32)33)14-7-15-30(28)25(31)24(16-18-12-13-18)29-27(34)35-17-23-21-10-5-3-8-19(21)20-9-4-6-11-22(20)23/h3-6,8-11,18,23-24H,2,7,12-17H2,1H3,(H,29,34)(H,32,33)/t24-,28?/m0/s1. The van der Waals surface area contributed by atoms with E-state index in [2.05, 4.69) is 29.6 Å². The Morgan fingerprint density at radius 1 is 1.09 bits per heavy atom. The molecule has 35 heavy (non-hydrogen) atoms. The zero-order chi connectivity index (χ0) is 24.6. The summed E-state index contributed by atoms with van der Waals surface area (Å²) in [6.07, 6.45) is 3.34. The van der Waals surface area contributed by atoms with Crippen molar-refractivity contribution in [2.75, 3.05) is 13.2 Å². The molecule has 0 bridgehead atoms. The number of ether oxygens (including phenoxy) is 1. The highest BCUT2D eigenvalue weighted by Crippen LogP contribution is 2.44. The molecule has 2 aliphatic carbocycles. The van der Waals surface area contributed by atoms with Crippen molar-refractivity contribution in [1.82, 2.24) is 10.2 Å². The van der Waals surface area contributed by atoms with Crippen molar-refractivity contribution in [2.24, 2.45) is 5.92 Å². The Balaban J connectivity index is 1.29. The van der Waals surface area contributed by atoms with Crippen LogP contribution in [0.1, 0.15) is 62.5 Å². The van der Waals surface area contributed by atoms with Crippen molar-refractivity contribution in [2.45, 2.75) is 62.9 Å². The zero-order valence-electron chi connectivity index (χ0n) is 20.0. The SMILES string of the molecule is CCC1(C(=O)O)CCCN1C(=O)[C@H](CC1CC1)NC(=O)OCC1c2ccccc2-c2ccccc21. The largest absolute Gasteiger partial charge is 0.479 e. The number of fused-ring (bicyclic) bond motifs is 3. The predicted molar refractivity (Wildman–Crippen MR) is 131 cm³/mol. The Hall–Kier alpha value is -3.35. The van der Waals surface area contributed by atoms with Crippen molar-refractivity contribution in [3.63, 3.8) is 0 Å². The molecule has 1 saturated heterocycles. The first-order chi connectivity index (χ1) is 16.9. The fourth-order valence-electron chi connectivity index (χ4n) is 5.82. The van der Waals surface area contributed by atoms with E-state index in [0.29, 0.717) is 38.1 Å². The van der Waals surface area contributed by atoms with Gasteiger partial charge in [0.25, 0.3) is 0 Å². The van der Waals surface area contributed by atoms with Crippen molar-refractivity contribution in [3.05, 3.63) is 59.7 Å². The second-order valence-electron chi connectivity index (χ2n) is 9.99. The van der Waals surface area contributed by atoms with Crippen LogP contribution in [0.3, 0.4) is 0 Å². The van der Waals surface area contributed by atoms with E-state index < -0.39 is 23.6 Å². The first kappa shape index (κ1) is 23.4. The number of amides is 2. The molecule has 1 aliphatic heterocycles. The van der Waals surface area contributed by atoms with Crippen molar-refractivity contribution in [1.29, 1.82) is 0 Å². The lowest BCUT2D eigenvalue weighted by molar-refractivity contribution is -0.157. The smallest absolute Gasteiger partial charge is 0.407 e. The maximum atomic E-state index is 13.5. The molecule has 2 N–H and O–H groups in total. The van der Waals surface area contributed by atoms with Gasteiger partial charge in [-0.2, -0.15) is 0 Å². The molecule has 2 aromatic carbocycles. The first-order valence-electron chi connectivity index (χ1n) is 12.6. The van der Waals surface area contributed by atoms with E-state index in [4.69, 9.17) is 4.74 Å². The van der Waals surface area contributed by atoms with Gasteiger partial charge >= 0.3 is 12.1 Å². The van der Waals surface area contributed by atoms with Gasteiger partial charge in [-0.15, -0.1) is 0 Å². The predicted octanol–water partition coefficient (Wildman–Crippen LogP) is 4.55. The molecule has 7 heteroatoms. The van der Waals surface area contributed by atoms with Crippen LogP contribution in [-0.4, -0.2) is 52.7 Å². The molecule has 3 aliphatic rings. The van der Waals surface area contributed by atoms with Gasteiger partial charge in [0.1, 0.15) is 18.2 Å². The molecule has 184 valence electrons. The summed E-state index contributed by atoms with van der Waals surface area (Å²) in [6.45, 7) is 2.36. The average molecular weight is 477 g/mol. The highest BCUT2D eigenvalue weighted by atomic mass is 16.5. The Morgan fingerprint density at radius 3 is 2.29 bits per heavy atom. The monoisotopic (exact) mass is 476 g/mol. The molecule has 1 heterocycles. The Kier molecular flexibility index (Phi) is 6.26. The van der Waals surface area contributed by atoms with Gasteiger partial charge in [-0.1, -0.05) is 68.3 Å². The third kappa shape index (κ3) is 4.28. The van der Waals surface area contributed by atoms with Crippen LogP contribution in [0.25, 0.3) is 11.1 Å². The number of carbonyl (C=O) groups is 3. The molecule has 2 amide bonds. The molecule has 5 rings (SSSR count). The molecule has 0 aromatic heterocycles. The van der Waals surface area contributed by atoms with Gasteiger partial charge in [0, 0.05) is 12.5 Å². The van der Waals surface area contributed by atoms with Crippen molar-refractivity contribution < 1.29 is 24.2 Å². The quantitative estimate of drug-likeness (QED) is 0.583. The molecule has 7 nitrogen and oxygen atoms in total. The van der Waals surface area contributed by atoms with E-state index in [0.717, 1.165) is 35.1 Å². The number of likely N-dealkylation sites (tertiary alicyclic amines) is 1. The van der Waals surface area contributed by atoms with E-state index in [1.165, 1.54) is 4.90 Å². The van der Waals surface area contributed by atoms with Crippen molar-refractivity contribution in [3.8, 4) is 11.1 Å². The molecule has 1 saturated carbocycles. The minimum absolute atomic E-state index is 0.0657. The number of carboxylic acid groups (broad SMARTS) is 1. The Morgan fingerprint density at radius 2 is 1.71 bits per heavy atom. The highest BCUT2D eigenvalue weighted by Gasteiger charge is 2.50. The third-order valence-corrected chi connectivity index (χ3v) is 7.94. The van der Waals surface area contributed by atoms with E-state index >= 15 is 0 Å². The summed E-state index contributed by atoms with van der Waals surface area (Å²) in [5.41, 5.74) is 3.36. The Labute approximate surface area is 205 Å². The van der Waals surface area contributed by atoms with E-state index in [9.17, 15) is 19.5 Å². The van der Waals surface area contributed by atoms with Crippen molar-refractivity contribution >= 4 is 18.0 Å². The van der Waals surface area contributed by atoms with Gasteiger partial charge in [-0.3, -0.25) is 4.79 Å². The van der Waals surface area contributed by atoms with Crippen LogP contribution in [0, 0.1) is 5.92 Å². The lowest BCUT2D eigenvalue weighted by Gasteiger charge is -2.36. The van der Waals surface area contributed by atoms with E-state index in [-0.39, 0.29) is 18.4 Å². The molecule has 2 aromatic rings. The molecule has 0 radical (unpaired) electrons. The van der Waals surface area contributed by atoms with Gasteiger partial charge in [-0.25, -0.2) is 9.59 Å². The number of alkyl carbamates (subject to hydrolysis) is 1. The molecular weight excluding hydrogens is 444 g/mol. The lowest BCUT2D eigenvalue weighted by atomic mass is 9.92. The van der Waals surface area contributed by atoms with Gasteiger partial charge in [0.2, 0.25) is 5.91 Å². The normalized spacial score (nSPS) is 21.8. The van der Waals surface area contributed by atoms with Gasteiger partial charge in [0.15, 0.2) is 0 Å². The van der Waals surface area contributed by atoms with Gasteiger partial charge in [0.05, 0.1) is 0 Å². The number of rotatable bonds is 8. The summed E-state index contributed by atoms with van der Waals surface area (Å²) in [4.78, 5) is 40.0. The topological polar surface area (TPSA) is 95.9 Å². The van der Waals surface area contributed by atoms with Crippen LogP contribution in [0.15, 0.2) is 48.5 Å². The lowest BCUT2D eigenvalue weighted by Crippen LogP contribution is -2.58. The maximum Gasteiger partial charge on any atom is 0.407 e. The number of benzene rings is 2. The fourth-order valence-corrected chi connectivity index (χ4v) is 5.82. The summed E-state index contributed by atoms with van der Waals surface area (Å²) in [7, 11) is 0. The summed E-state index contributed by atoms with van der Waals surface area (Å²) >= 11 is 0. The second kappa shape index (κ2) is 9.36. The van der Waals surface area contributed by atoms with E-state index in [1.54, 1.807) is 6.92 Å². The fraction of sp³-hybridized carbons (Fsp3) is 0.464. The Bertz CT molecular complexity index is 1100. The number of carbonyl (C=O) groups excluding carboxylic acids is 2. The number of carboxylic acids is 1. The van der Waals surface area contributed by atoms with Crippen LogP contribution in [0.4, 0.5) is 4.79 Å². The maximum absolute atomic E-state index is 13.5. The number of nitrogens with one attached hydrogen (secondary N) is 1. The van der Waals surface area contributed by atoms with Crippen LogP contribution in [0.2, 0.25) is 0 Å². The summed E-state index contributed by atoms with van der Waals surface area (Å²) in [5.74, 6) is -0.977. The number of nitrogens with zero attached hydrogens (tertiary/aromatic N) is 1.